The third-order valence-electron chi connectivity index (χ3n) is 5.88. The number of ether oxygens (including phenoxy) is 1. The lowest BCUT2D eigenvalue weighted by Crippen LogP contribution is -2.35. The van der Waals surface area contributed by atoms with Crippen LogP contribution in [0.1, 0.15) is 21.7 Å². The first kappa shape index (κ1) is 23.3. The summed E-state index contributed by atoms with van der Waals surface area (Å²) in [6, 6.07) is 12.4. The summed E-state index contributed by atoms with van der Waals surface area (Å²) in [5.74, 6) is 1.05. The molecule has 4 aromatic rings. The summed E-state index contributed by atoms with van der Waals surface area (Å²) in [5, 5.41) is 0.900. The number of hydrogen-bond donors (Lipinski definition) is 1. The highest BCUT2D eigenvalue weighted by Gasteiger charge is 2.30. The number of methoxy groups -OCH3 is 1. The average molecular weight is 499 g/mol. The van der Waals surface area contributed by atoms with Crippen molar-refractivity contribution < 1.29 is 17.9 Å². The van der Waals surface area contributed by atoms with Crippen LogP contribution in [0.15, 0.2) is 59.5 Å². The Bertz CT molecular complexity index is 1410. The zero-order valence-corrected chi connectivity index (χ0v) is 19.5. The van der Waals surface area contributed by atoms with Crippen LogP contribution in [-0.4, -0.2) is 33.5 Å². The van der Waals surface area contributed by atoms with Gasteiger partial charge in [0, 0.05) is 48.3 Å². The zero-order chi connectivity index (χ0) is 24.6. The van der Waals surface area contributed by atoms with Gasteiger partial charge < -0.3 is 9.72 Å². The van der Waals surface area contributed by atoms with Gasteiger partial charge in [-0.3, -0.25) is 9.69 Å². The summed E-state index contributed by atoms with van der Waals surface area (Å²) in [6.45, 7) is 1.81. The number of H-pyrrole nitrogens is 1. The fraction of sp³-hybridized carbons (Fsp3) is 0.240. The van der Waals surface area contributed by atoms with Gasteiger partial charge in [-0.15, -0.1) is 11.3 Å². The number of hydrogen-bond acceptors (Lipinski definition) is 6. The van der Waals surface area contributed by atoms with Gasteiger partial charge in [0.2, 0.25) is 0 Å². The number of nitrogens with zero attached hydrogens (tertiary/aromatic N) is 3. The topological polar surface area (TPSA) is 71.1 Å². The molecule has 2 aromatic carbocycles. The van der Waals surface area contributed by atoms with Crippen molar-refractivity contribution in [3.05, 3.63) is 86.8 Å². The molecule has 0 fully saturated rings. The molecule has 0 spiro atoms. The van der Waals surface area contributed by atoms with Gasteiger partial charge in [-0.2, -0.15) is 13.2 Å². The molecule has 0 saturated carbocycles. The summed E-state index contributed by atoms with van der Waals surface area (Å²) in [6.07, 6.45) is -1.98. The van der Waals surface area contributed by atoms with Crippen molar-refractivity contribution in [2.75, 3.05) is 13.7 Å². The quantitative estimate of drug-likeness (QED) is 0.412. The van der Waals surface area contributed by atoms with Gasteiger partial charge in [0.05, 0.1) is 23.9 Å². The fourth-order valence-corrected chi connectivity index (χ4v) is 5.01. The van der Waals surface area contributed by atoms with E-state index in [9.17, 15) is 18.0 Å². The minimum absolute atomic E-state index is 0.268. The van der Waals surface area contributed by atoms with Crippen LogP contribution in [-0.2, 0) is 25.7 Å². The summed E-state index contributed by atoms with van der Waals surface area (Å²) < 4.78 is 43.8. The number of aromatic nitrogens is 3. The predicted molar refractivity (Wildman–Crippen MR) is 127 cm³/mol. The first-order chi connectivity index (χ1) is 16.8. The molecule has 0 radical (unpaired) electrons. The summed E-state index contributed by atoms with van der Waals surface area (Å²) in [5.41, 5.74) is 1.69. The standard InChI is InChI=1S/C25H21F3N4O2S/c1-34-18-4-2-3-16(11-18)24-29-12-19(35-24)13-32-10-9-21-20(14-32)23(33)31-22(30-21)15-5-7-17(8-6-15)25(26,27)28/h2-8,11-12H,9-10,13-14H2,1H3,(H,30,31,33). The van der Waals surface area contributed by atoms with Gasteiger partial charge in [0.25, 0.3) is 5.56 Å². The molecule has 3 heterocycles. The molecule has 0 unspecified atom stereocenters. The second-order valence-electron chi connectivity index (χ2n) is 8.24. The van der Waals surface area contributed by atoms with Crippen LogP contribution < -0.4 is 10.3 Å². The highest BCUT2D eigenvalue weighted by molar-refractivity contribution is 7.15. The van der Waals surface area contributed by atoms with Gasteiger partial charge in [0.15, 0.2) is 0 Å². The van der Waals surface area contributed by atoms with Crippen molar-refractivity contribution in [1.29, 1.82) is 0 Å². The molecule has 35 heavy (non-hydrogen) atoms. The number of fused-ring (bicyclic) bond motifs is 1. The molecule has 0 atom stereocenters. The zero-order valence-electron chi connectivity index (χ0n) is 18.7. The molecule has 2 aromatic heterocycles. The Morgan fingerprint density at radius 1 is 1.14 bits per heavy atom. The van der Waals surface area contributed by atoms with E-state index in [2.05, 4.69) is 19.9 Å². The van der Waals surface area contributed by atoms with E-state index in [4.69, 9.17) is 4.74 Å². The second kappa shape index (κ2) is 9.27. The van der Waals surface area contributed by atoms with E-state index >= 15 is 0 Å². The minimum Gasteiger partial charge on any atom is -0.497 e. The van der Waals surface area contributed by atoms with Crippen LogP contribution in [0.2, 0.25) is 0 Å². The normalized spacial score (nSPS) is 14.1. The van der Waals surface area contributed by atoms with Crippen LogP contribution in [0.4, 0.5) is 13.2 Å². The Morgan fingerprint density at radius 2 is 1.94 bits per heavy atom. The Morgan fingerprint density at radius 3 is 2.69 bits per heavy atom. The van der Waals surface area contributed by atoms with E-state index in [0.29, 0.717) is 42.9 Å². The third kappa shape index (κ3) is 4.98. The van der Waals surface area contributed by atoms with Crippen molar-refractivity contribution in [3.63, 3.8) is 0 Å². The molecule has 6 nitrogen and oxygen atoms in total. The number of benzene rings is 2. The summed E-state index contributed by atoms with van der Waals surface area (Å²) in [4.78, 5) is 27.9. The summed E-state index contributed by atoms with van der Waals surface area (Å²) >= 11 is 1.60. The van der Waals surface area contributed by atoms with Gasteiger partial charge in [0.1, 0.15) is 16.6 Å². The molecular weight excluding hydrogens is 477 g/mol. The monoisotopic (exact) mass is 498 g/mol. The molecule has 0 amide bonds. The van der Waals surface area contributed by atoms with E-state index in [1.165, 1.54) is 12.1 Å². The van der Waals surface area contributed by atoms with E-state index in [-0.39, 0.29) is 11.4 Å². The molecule has 10 heteroatoms. The molecule has 0 aliphatic carbocycles. The number of halogens is 3. The maximum absolute atomic E-state index is 12.8. The lowest BCUT2D eigenvalue weighted by molar-refractivity contribution is -0.137. The van der Waals surface area contributed by atoms with E-state index < -0.39 is 11.7 Å². The first-order valence-electron chi connectivity index (χ1n) is 10.9. The van der Waals surface area contributed by atoms with Crippen LogP contribution in [0.3, 0.4) is 0 Å². The Labute approximate surface area is 203 Å². The first-order valence-corrected chi connectivity index (χ1v) is 11.7. The number of alkyl halides is 3. The van der Waals surface area contributed by atoms with Gasteiger partial charge >= 0.3 is 6.18 Å². The molecule has 5 rings (SSSR count). The average Bonchev–Trinajstić information content (AvgIpc) is 3.32. The van der Waals surface area contributed by atoms with E-state index in [0.717, 1.165) is 33.3 Å². The maximum atomic E-state index is 12.8. The smallest absolute Gasteiger partial charge is 0.416 e. The van der Waals surface area contributed by atoms with Crippen LogP contribution in [0.5, 0.6) is 5.75 Å². The molecule has 0 saturated heterocycles. The second-order valence-corrected chi connectivity index (χ2v) is 9.35. The number of thiazole rings is 1. The number of rotatable bonds is 5. The molecule has 1 aliphatic heterocycles. The molecule has 1 N–H and O–H groups in total. The SMILES string of the molecule is COc1cccc(-c2ncc(CN3CCc4nc(-c5ccc(C(F)(F)F)cc5)[nH]c(=O)c4C3)s2)c1. The highest BCUT2D eigenvalue weighted by atomic mass is 32.1. The number of nitrogens with one attached hydrogen (secondary N) is 1. The van der Waals surface area contributed by atoms with Crippen molar-refractivity contribution in [2.45, 2.75) is 25.7 Å². The van der Waals surface area contributed by atoms with Gasteiger partial charge in [-0.1, -0.05) is 24.3 Å². The number of aromatic amines is 1. The Balaban J connectivity index is 1.31. The Kier molecular flexibility index (Phi) is 6.16. The van der Waals surface area contributed by atoms with Crippen LogP contribution in [0, 0.1) is 0 Å². The van der Waals surface area contributed by atoms with Crippen molar-refractivity contribution in [1.82, 2.24) is 19.9 Å². The Hall–Kier alpha value is -3.50. The van der Waals surface area contributed by atoms with Gasteiger partial charge in [-0.05, 0) is 24.3 Å². The molecule has 1 aliphatic rings. The van der Waals surface area contributed by atoms with Crippen LogP contribution >= 0.6 is 11.3 Å². The fourth-order valence-electron chi connectivity index (χ4n) is 4.06. The van der Waals surface area contributed by atoms with Crippen LogP contribution in [0.25, 0.3) is 22.0 Å². The van der Waals surface area contributed by atoms with Crippen molar-refractivity contribution in [3.8, 4) is 27.7 Å². The molecular formula is C25H21F3N4O2S. The third-order valence-corrected chi connectivity index (χ3v) is 6.91. The van der Waals surface area contributed by atoms with E-state index in [1.54, 1.807) is 18.4 Å². The van der Waals surface area contributed by atoms with E-state index in [1.807, 2.05) is 30.5 Å². The highest BCUT2D eigenvalue weighted by Crippen LogP contribution is 2.31. The molecule has 180 valence electrons. The summed E-state index contributed by atoms with van der Waals surface area (Å²) in [7, 11) is 1.63. The van der Waals surface area contributed by atoms with Gasteiger partial charge in [-0.25, -0.2) is 9.97 Å². The lowest BCUT2D eigenvalue weighted by Gasteiger charge is -2.27. The largest absolute Gasteiger partial charge is 0.497 e. The lowest BCUT2D eigenvalue weighted by atomic mass is 10.1. The predicted octanol–water partition coefficient (Wildman–Crippen LogP) is 5.15. The maximum Gasteiger partial charge on any atom is 0.416 e. The molecule has 0 bridgehead atoms. The minimum atomic E-state index is -4.41. The van der Waals surface area contributed by atoms with Crippen molar-refractivity contribution >= 4 is 11.3 Å². The van der Waals surface area contributed by atoms with Crippen molar-refractivity contribution in [2.24, 2.45) is 0 Å².